The van der Waals surface area contributed by atoms with Crippen molar-refractivity contribution in [2.45, 2.75) is 33.1 Å². The van der Waals surface area contributed by atoms with Crippen LogP contribution in [0.3, 0.4) is 0 Å². The minimum absolute atomic E-state index is 0.0152. The molecular formula is C18H22BrNO3. The molecule has 2 aliphatic carbocycles. The van der Waals surface area contributed by atoms with Gasteiger partial charge in [-0.3, -0.25) is 0 Å². The van der Waals surface area contributed by atoms with Crippen LogP contribution in [0.1, 0.15) is 43.5 Å². The van der Waals surface area contributed by atoms with E-state index in [0.29, 0.717) is 17.2 Å². The maximum atomic E-state index is 12.2. The molecule has 0 spiro atoms. The molecule has 0 N–H and O–H groups in total. The van der Waals surface area contributed by atoms with Crippen LogP contribution in [0.15, 0.2) is 29.4 Å². The molecular weight excluding hydrogens is 358 g/mol. The van der Waals surface area contributed by atoms with Crippen LogP contribution in [-0.2, 0) is 4.84 Å². The highest BCUT2D eigenvalue weighted by Gasteiger charge is 2.62. The third kappa shape index (κ3) is 2.49. The Labute approximate surface area is 145 Å². The van der Waals surface area contributed by atoms with E-state index in [1.165, 1.54) is 6.42 Å². The third-order valence-corrected chi connectivity index (χ3v) is 7.24. The monoisotopic (exact) mass is 379 g/mol. The van der Waals surface area contributed by atoms with Gasteiger partial charge in [-0.25, -0.2) is 4.79 Å². The minimum atomic E-state index is -0.424. The highest BCUT2D eigenvalue weighted by molar-refractivity contribution is 9.09. The number of fused-ring (bicyclic) bond motifs is 2. The van der Waals surface area contributed by atoms with Crippen molar-refractivity contribution in [2.75, 3.05) is 12.4 Å². The number of carbonyl (C=O) groups excluding carboxylic acids is 1. The van der Waals surface area contributed by atoms with Gasteiger partial charge in [-0.2, -0.15) is 0 Å². The number of methoxy groups -OCH3 is 1. The lowest BCUT2D eigenvalue weighted by Crippen LogP contribution is -2.36. The Morgan fingerprint density at radius 3 is 2.61 bits per heavy atom. The molecule has 0 aliphatic heterocycles. The Morgan fingerprint density at radius 2 is 2.04 bits per heavy atom. The van der Waals surface area contributed by atoms with Gasteiger partial charge in [0.2, 0.25) is 0 Å². The van der Waals surface area contributed by atoms with Gasteiger partial charge in [-0.1, -0.05) is 34.9 Å². The Hall–Kier alpha value is -1.36. The lowest BCUT2D eigenvalue weighted by molar-refractivity contribution is 0.0508. The standard InChI is InChI=1S/C18H22BrNO3/c1-17-9-8-13(18(17,2)11-19)10-15(17)20-23-16(21)12-4-6-14(22-3)7-5-12/h4-7,13H,8-11H2,1-3H3. The first-order valence-corrected chi connectivity index (χ1v) is 9.05. The molecule has 23 heavy (non-hydrogen) atoms. The van der Waals surface area contributed by atoms with Crippen molar-refractivity contribution in [3.63, 3.8) is 0 Å². The van der Waals surface area contributed by atoms with E-state index < -0.39 is 5.97 Å². The van der Waals surface area contributed by atoms with E-state index >= 15 is 0 Å². The van der Waals surface area contributed by atoms with E-state index in [1.54, 1.807) is 31.4 Å². The fourth-order valence-corrected chi connectivity index (χ4v) is 5.13. The summed E-state index contributed by atoms with van der Waals surface area (Å²) >= 11 is 3.67. The molecule has 4 nitrogen and oxygen atoms in total. The predicted molar refractivity (Wildman–Crippen MR) is 93.2 cm³/mol. The van der Waals surface area contributed by atoms with E-state index in [-0.39, 0.29) is 10.8 Å². The lowest BCUT2D eigenvalue weighted by Gasteiger charge is -2.36. The molecule has 0 radical (unpaired) electrons. The summed E-state index contributed by atoms with van der Waals surface area (Å²) in [7, 11) is 1.59. The number of carbonyl (C=O) groups is 1. The number of ether oxygens (including phenoxy) is 1. The van der Waals surface area contributed by atoms with Gasteiger partial charge in [0.25, 0.3) is 0 Å². The van der Waals surface area contributed by atoms with E-state index in [4.69, 9.17) is 9.57 Å². The highest BCUT2D eigenvalue weighted by atomic mass is 79.9. The molecule has 2 fully saturated rings. The third-order valence-electron chi connectivity index (χ3n) is 6.07. The van der Waals surface area contributed by atoms with Crippen LogP contribution in [-0.4, -0.2) is 24.1 Å². The summed E-state index contributed by atoms with van der Waals surface area (Å²) in [6.45, 7) is 4.56. The molecule has 3 unspecified atom stereocenters. The Balaban J connectivity index is 1.74. The van der Waals surface area contributed by atoms with Crippen molar-refractivity contribution in [1.82, 2.24) is 0 Å². The fourth-order valence-electron chi connectivity index (χ4n) is 4.05. The zero-order valence-corrected chi connectivity index (χ0v) is 15.4. The maximum Gasteiger partial charge on any atom is 0.365 e. The second-order valence-corrected chi connectivity index (χ2v) is 7.53. The molecule has 2 aliphatic rings. The van der Waals surface area contributed by atoms with Gasteiger partial charge in [0, 0.05) is 10.7 Å². The van der Waals surface area contributed by atoms with E-state index in [9.17, 15) is 4.79 Å². The molecule has 0 heterocycles. The topological polar surface area (TPSA) is 47.9 Å². The van der Waals surface area contributed by atoms with Crippen LogP contribution >= 0.6 is 15.9 Å². The Kier molecular flexibility index (Phi) is 4.25. The summed E-state index contributed by atoms with van der Waals surface area (Å²) in [5.41, 5.74) is 1.71. The molecule has 0 aromatic heterocycles. The quantitative estimate of drug-likeness (QED) is 0.441. The summed E-state index contributed by atoms with van der Waals surface area (Å²) in [4.78, 5) is 17.4. The average Bonchev–Trinajstić information content (AvgIpc) is 2.95. The minimum Gasteiger partial charge on any atom is -0.497 e. The highest BCUT2D eigenvalue weighted by Crippen LogP contribution is 2.64. The van der Waals surface area contributed by atoms with E-state index in [0.717, 1.165) is 23.9 Å². The van der Waals surface area contributed by atoms with Gasteiger partial charge in [0.05, 0.1) is 18.4 Å². The van der Waals surface area contributed by atoms with Crippen molar-refractivity contribution >= 4 is 27.6 Å². The summed E-state index contributed by atoms with van der Waals surface area (Å²) < 4.78 is 5.09. The van der Waals surface area contributed by atoms with E-state index in [1.807, 2.05) is 0 Å². The number of oxime groups is 1. The summed E-state index contributed by atoms with van der Waals surface area (Å²) in [6.07, 6.45) is 3.26. The van der Waals surface area contributed by atoms with Crippen LogP contribution in [0.4, 0.5) is 0 Å². The molecule has 2 saturated carbocycles. The largest absolute Gasteiger partial charge is 0.497 e. The van der Waals surface area contributed by atoms with Gasteiger partial charge in [0.1, 0.15) is 5.75 Å². The van der Waals surface area contributed by atoms with Crippen molar-refractivity contribution in [3.8, 4) is 5.75 Å². The molecule has 1 aromatic carbocycles. The second-order valence-electron chi connectivity index (χ2n) is 6.97. The normalized spacial score (nSPS) is 33.9. The first-order valence-electron chi connectivity index (χ1n) is 7.93. The summed E-state index contributed by atoms with van der Waals surface area (Å²) in [6, 6.07) is 6.86. The number of rotatable bonds is 4. The predicted octanol–water partition coefficient (Wildman–Crippen LogP) is 4.43. The SMILES string of the molecule is COc1ccc(C(=O)ON=C2CC3CCC2(C)C3(C)CBr)cc1. The average molecular weight is 380 g/mol. The number of halogens is 1. The zero-order chi connectivity index (χ0) is 16.7. The fraction of sp³-hybridized carbons (Fsp3) is 0.556. The molecule has 0 amide bonds. The van der Waals surface area contributed by atoms with Crippen LogP contribution in [0, 0.1) is 16.7 Å². The number of hydrogen-bond donors (Lipinski definition) is 0. The van der Waals surface area contributed by atoms with Crippen LogP contribution < -0.4 is 4.74 Å². The lowest BCUT2D eigenvalue weighted by atomic mass is 9.70. The first kappa shape index (κ1) is 16.5. The molecule has 3 atom stereocenters. The Bertz CT molecular complexity index is 642. The molecule has 124 valence electrons. The smallest absolute Gasteiger partial charge is 0.365 e. The number of alkyl halides is 1. The number of benzene rings is 1. The van der Waals surface area contributed by atoms with Crippen LogP contribution in [0.25, 0.3) is 0 Å². The second kappa shape index (κ2) is 5.93. The summed E-state index contributed by atoms with van der Waals surface area (Å²) in [5.74, 6) is 0.902. The Morgan fingerprint density at radius 1 is 1.35 bits per heavy atom. The van der Waals surface area contributed by atoms with Gasteiger partial charge in [-0.05, 0) is 54.9 Å². The number of nitrogens with zero attached hydrogens (tertiary/aromatic N) is 1. The zero-order valence-electron chi connectivity index (χ0n) is 13.8. The number of hydrogen-bond acceptors (Lipinski definition) is 4. The first-order chi connectivity index (χ1) is 10.9. The van der Waals surface area contributed by atoms with Gasteiger partial charge >= 0.3 is 5.97 Å². The molecule has 5 heteroatoms. The van der Waals surface area contributed by atoms with Crippen molar-refractivity contribution in [2.24, 2.45) is 21.9 Å². The van der Waals surface area contributed by atoms with Crippen molar-refractivity contribution in [1.29, 1.82) is 0 Å². The molecule has 3 rings (SSSR count). The molecule has 1 aromatic rings. The van der Waals surface area contributed by atoms with E-state index in [2.05, 4.69) is 34.9 Å². The van der Waals surface area contributed by atoms with Crippen LogP contribution in [0.5, 0.6) is 5.75 Å². The van der Waals surface area contributed by atoms with Crippen LogP contribution in [0.2, 0.25) is 0 Å². The van der Waals surface area contributed by atoms with Crippen molar-refractivity contribution < 1.29 is 14.4 Å². The van der Waals surface area contributed by atoms with Crippen molar-refractivity contribution in [3.05, 3.63) is 29.8 Å². The molecule has 2 bridgehead atoms. The summed E-state index contributed by atoms with van der Waals surface area (Å²) in [5, 5.41) is 5.21. The van der Waals surface area contributed by atoms with Gasteiger partial charge < -0.3 is 9.57 Å². The van der Waals surface area contributed by atoms with Gasteiger partial charge in [0.15, 0.2) is 0 Å². The maximum absolute atomic E-state index is 12.2. The molecule has 0 saturated heterocycles. The van der Waals surface area contributed by atoms with Gasteiger partial charge in [-0.15, -0.1) is 0 Å².